The van der Waals surface area contributed by atoms with Crippen molar-refractivity contribution < 1.29 is 4.74 Å². The van der Waals surface area contributed by atoms with Crippen LogP contribution in [0.25, 0.3) is 0 Å². The Morgan fingerprint density at radius 1 is 0.714 bits per heavy atom. The molecule has 2 aliphatic carbocycles. The summed E-state index contributed by atoms with van der Waals surface area (Å²) in [7, 11) is 0. The van der Waals surface area contributed by atoms with Gasteiger partial charge in [0.2, 0.25) is 0 Å². The van der Waals surface area contributed by atoms with Gasteiger partial charge in [0.15, 0.2) is 0 Å². The lowest BCUT2D eigenvalue weighted by Gasteiger charge is -2.47. The fourth-order valence-corrected chi connectivity index (χ4v) is 4.08. The Hall–Kier alpha value is -0.0400. The third-order valence-electron chi connectivity index (χ3n) is 4.80. The molecule has 14 heavy (non-hydrogen) atoms. The van der Waals surface area contributed by atoms with Gasteiger partial charge in [-0.2, -0.15) is 0 Å². The van der Waals surface area contributed by atoms with Crippen LogP contribution in [0, 0.1) is 17.8 Å². The minimum Gasteiger partial charge on any atom is -0.378 e. The van der Waals surface area contributed by atoms with Gasteiger partial charge < -0.3 is 4.74 Å². The Balaban J connectivity index is 1.74. The highest BCUT2D eigenvalue weighted by molar-refractivity contribution is 4.90. The number of hydrogen-bond donors (Lipinski definition) is 0. The summed E-state index contributed by atoms with van der Waals surface area (Å²) < 4.78 is 6.05. The van der Waals surface area contributed by atoms with Crippen molar-refractivity contribution in [3.63, 3.8) is 0 Å². The van der Waals surface area contributed by atoms with Gasteiger partial charge in [-0.25, -0.2) is 0 Å². The van der Waals surface area contributed by atoms with Gasteiger partial charge in [-0.05, 0) is 43.4 Å². The summed E-state index contributed by atoms with van der Waals surface area (Å²) in [5.41, 5.74) is 0. The molecule has 3 aliphatic rings. The first-order valence-electron chi connectivity index (χ1n) is 6.57. The van der Waals surface area contributed by atoms with Crippen molar-refractivity contribution in [2.45, 2.75) is 57.5 Å². The van der Waals surface area contributed by atoms with Gasteiger partial charge in [0, 0.05) is 0 Å². The summed E-state index contributed by atoms with van der Waals surface area (Å²) in [5, 5.41) is 0. The third-order valence-corrected chi connectivity index (χ3v) is 4.80. The zero-order chi connectivity index (χ0) is 9.38. The SMILES string of the molecule is C1CCC2C(C1)COC1CCCCC12. The van der Waals surface area contributed by atoms with E-state index in [4.69, 9.17) is 4.74 Å². The highest BCUT2D eigenvalue weighted by Crippen LogP contribution is 2.45. The molecule has 0 aromatic heterocycles. The molecule has 1 heteroatoms. The van der Waals surface area contributed by atoms with Crippen LogP contribution < -0.4 is 0 Å². The van der Waals surface area contributed by atoms with Crippen molar-refractivity contribution in [2.75, 3.05) is 6.61 Å². The molecule has 1 saturated heterocycles. The molecule has 3 fully saturated rings. The average molecular weight is 194 g/mol. The molecule has 4 atom stereocenters. The molecular weight excluding hydrogens is 172 g/mol. The molecule has 0 radical (unpaired) electrons. The van der Waals surface area contributed by atoms with Gasteiger partial charge in [0.1, 0.15) is 0 Å². The highest BCUT2D eigenvalue weighted by Gasteiger charge is 2.41. The number of fused-ring (bicyclic) bond motifs is 3. The summed E-state index contributed by atoms with van der Waals surface area (Å²) >= 11 is 0. The third kappa shape index (κ3) is 1.50. The van der Waals surface area contributed by atoms with Crippen LogP contribution in [0.15, 0.2) is 0 Å². The standard InChI is InChI=1S/C13H22O/c1-2-6-11-10(5-1)9-14-13-8-4-3-7-12(11)13/h10-13H,1-9H2. The van der Waals surface area contributed by atoms with Crippen molar-refractivity contribution in [3.8, 4) is 0 Å². The number of ether oxygens (including phenoxy) is 1. The van der Waals surface area contributed by atoms with Crippen molar-refractivity contribution in [1.82, 2.24) is 0 Å². The molecule has 4 unspecified atom stereocenters. The van der Waals surface area contributed by atoms with Crippen LogP contribution in [0.3, 0.4) is 0 Å². The lowest BCUT2D eigenvalue weighted by molar-refractivity contribution is -0.119. The molecule has 0 bridgehead atoms. The van der Waals surface area contributed by atoms with Gasteiger partial charge in [-0.15, -0.1) is 0 Å². The van der Waals surface area contributed by atoms with Gasteiger partial charge in [0.05, 0.1) is 12.7 Å². The molecule has 80 valence electrons. The molecule has 1 aliphatic heterocycles. The Morgan fingerprint density at radius 3 is 2.36 bits per heavy atom. The van der Waals surface area contributed by atoms with E-state index in [1.165, 1.54) is 51.4 Å². The lowest BCUT2D eigenvalue weighted by atomic mass is 9.65. The number of hydrogen-bond acceptors (Lipinski definition) is 1. The van der Waals surface area contributed by atoms with Crippen LogP contribution in [-0.4, -0.2) is 12.7 Å². The summed E-state index contributed by atoms with van der Waals surface area (Å²) in [5.74, 6) is 2.92. The first-order chi connectivity index (χ1) is 6.95. The van der Waals surface area contributed by atoms with Crippen molar-refractivity contribution in [2.24, 2.45) is 17.8 Å². The maximum Gasteiger partial charge on any atom is 0.0606 e. The molecule has 3 rings (SSSR count). The molecular formula is C13H22O. The summed E-state index contributed by atoms with van der Waals surface area (Å²) in [6, 6.07) is 0. The van der Waals surface area contributed by atoms with E-state index in [1.807, 2.05) is 0 Å². The first kappa shape index (κ1) is 9.21. The predicted octanol–water partition coefficient (Wildman–Crippen LogP) is 3.38. The van der Waals surface area contributed by atoms with Crippen LogP contribution in [0.5, 0.6) is 0 Å². The molecule has 1 nitrogen and oxygen atoms in total. The van der Waals surface area contributed by atoms with Crippen LogP contribution in [0.1, 0.15) is 51.4 Å². The van der Waals surface area contributed by atoms with E-state index in [2.05, 4.69) is 0 Å². The van der Waals surface area contributed by atoms with E-state index in [1.54, 1.807) is 0 Å². The van der Waals surface area contributed by atoms with Gasteiger partial charge in [-0.1, -0.05) is 25.7 Å². The van der Waals surface area contributed by atoms with Gasteiger partial charge in [0.25, 0.3) is 0 Å². The van der Waals surface area contributed by atoms with Gasteiger partial charge >= 0.3 is 0 Å². The predicted molar refractivity (Wildman–Crippen MR) is 57.1 cm³/mol. The summed E-state index contributed by atoms with van der Waals surface area (Å²) in [6.07, 6.45) is 12.3. The molecule has 0 N–H and O–H groups in total. The maximum absolute atomic E-state index is 6.05. The quantitative estimate of drug-likeness (QED) is 0.574. The second kappa shape index (κ2) is 3.84. The Bertz CT molecular complexity index is 179. The van der Waals surface area contributed by atoms with Crippen molar-refractivity contribution in [1.29, 1.82) is 0 Å². The lowest BCUT2D eigenvalue weighted by Crippen LogP contribution is -2.45. The Morgan fingerprint density at radius 2 is 1.43 bits per heavy atom. The zero-order valence-electron chi connectivity index (χ0n) is 9.08. The minimum absolute atomic E-state index is 0.656. The summed E-state index contributed by atoms with van der Waals surface area (Å²) in [6.45, 7) is 1.09. The molecule has 0 spiro atoms. The van der Waals surface area contributed by atoms with E-state index in [0.717, 1.165) is 24.4 Å². The smallest absolute Gasteiger partial charge is 0.0606 e. The van der Waals surface area contributed by atoms with E-state index < -0.39 is 0 Å². The largest absolute Gasteiger partial charge is 0.378 e. The zero-order valence-corrected chi connectivity index (χ0v) is 9.08. The van der Waals surface area contributed by atoms with E-state index in [0.29, 0.717) is 6.10 Å². The molecule has 2 saturated carbocycles. The molecule has 0 aromatic rings. The highest BCUT2D eigenvalue weighted by atomic mass is 16.5. The first-order valence-corrected chi connectivity index (χ1v) is 6.57. The normalized spacial score (nSPS) is 48.0. The Labute approximate surface area is 87.2 Å². The average Bonchev–Trinajstić information content (AvgIpc) is 2.29. The second-order valence-electron chi connectivity index (χ2n) is 5.53. The van der Waals surface area contributed by atoms with E-state index in [9.17, 15) is 0 Å². The maximum atomic E-state index is 6.05. The van der Waals surface area contributed by atoms with E-state index >= 15 is 0 Å². The minimum atomic E-state index is 0.656. The van der Waals surface area contributed by atoms with Crippen LogP contribution >= 0.6 is 0 Å². The summed E-state index contributed by atoms with van der Waals surface area (Å²) in [4.78, 5) is 0. The monoisotopic (exact) mass is 194 g/mol. The molecule has 0 amide bonds. The van der Waals surface area contributed by atoms with Crippen LogP contribution in [0.4, 0.5) is 0 Å². The fourth-order valence-electron chi connectivity index (χ4n) is 4.08. The van der Waals surface area contributed by atoms with Crippen LogP contribution in [0.2, 0.25) is 0 Å². The topological polar surface area (TPSA) is 9.23 Å². The number of rotatable bonds is 0. The van der Waals surface area contributed by atoms with Crippen LogP contribution in [-0.2, 0) is 4.74 Å². The van der Waals surface area contributed by atoms with Gasteiger partial charge in [-0.3, -0.25) is 0 Å². The fraction of sp³-hybridized carbons (Fsp3) is 1.00. The molecule has 1 heterocycles. The molecule has 0 aromatic carbocycles. The van der Waals surface area contributed by atoms with Crippen molar-refractivity contribution in [3.05, 3.63) is 0 Å². The van der Waals surface area contributed by atoms with Crippen molar-refractivity contribution >= 4 is 0 Å². The Kier molecular flexibility index (Phi) is 2.53. The second-order valence-corrected chi connectivity index (χ2v) is 5.53. The van der Waals surface area contributed by atoms with E-state index in [-0.39, 0.29) is 0 Å².